The van der Waals surface area contributed by atoms with Gasteiger partial charge >= 0.3 is 0 Å². The third-order valence-electron chi connectivity index (χ3n) is 3.85. The lowest BCUT2D eigenvalue weighted by atomic mass is 10.2. The summed E-state index contributed by atoms with van der Waals surface area (Å²) < 4.78 is 13.0. The van der Waals surface area contributed by atoms with Crippen molar-refractivity contribution in [2.45, 2.75) is 25.4 Å². The first kappa shape index (κ1) is 13.3. The van der Waals surface area contributed by atoms with Gasteiger partial charge in [0, 0.05) is 24.8 Å². The van der Waals surface area contributed by atoms with Crippen molar-refractivity contribution in [2.75, 3.05) is 31.6 Å². The Labute approximate surface area is 108 Å². The van der Waals surface area contributed by atoms with Crippen molar-refractivity contribution in [1.82, 2.24) is 4.90 Å². The summed E-state index contributed by atoms with van der Waals surface area (Å²) in [5.74, 6) is -0.223. The van der Waals surface area contributed by atoms with Gasteiger partial charge in [-0.15, -0.1) is 0 Å². The number of likely N-dealkylation sites (N-methyl/N-ethyl adjacent to an activating group) is 1. The van der Waals surface area contributed by atoms with Crippen LogP contribution in [0, 0.1) is 5.82 Å². The van der Waals surface area contributed by atoms with Crippen LogP contribution in [-0.2, 0) is 0 Å². The van der Waals surface area contributed by atoms with Crippen molar-refractivity contribution < 1.29 is 9.50 Å². The maximum Gasteiger partial charge on any atom is 0.123 e. The van der Waals surface area contributed by atoms with Crippen LogP contribution < -0.4 is 4.90 Å². The standard InChI is InChI=1S/C14H21FN2O/c1-11-7-8-17(14(10-18)9-16(11)2)13-5-3-12(15)4-6-13/h3-6,11,14,18H,7-10H2,1-2H3. The Morgan fingerprint density at radius 2 is 2.00 bits per heavy atom. The summed E-state index contributed by atoms with van der Waals surface area (Å²) >= 11 is 0. The summed E-state index contributed by atoms with van der Waals surface area (Å²) in [6.45, 7) is 4.04. The second-order valence-electron chi connectivity index (χ2n) is 5.08. The van der Waals surface area contributed by atoms with Crippen LogP contribution in [0.5, 0.6) is 0 Å². The second-order valence-corrected chi connectivity index (χ2v) is 5.08. The van der Waals surface area contributed by atoms with Crippen LogP contribution in [0.25, 0.3) is 0 Å². The Morgan fingerprint density at radius 3 is 2.61 bits per heavy atom. The number of rotatable bonds is 2. The highest BCUT2D eigenvalue weighted by Crippen LogP contribution is 2.22. The molecule has 0 amide bonds. The minimum absolute atomic E-state index is 0.0745. The summed E-state index contributed by atoms with van der Waals surface area (Å²) in [4.78, 5) is 4.45. The third kappa shape index (κ3) is 2.82. The van der Waals surface area contributed by atoms with E-state index in [1.165, 1.54) is 12.1 Å². The molecule has 3 nitrogen and oxygen atoms in total. The van der Waals surface area contributed by atoms with Crippen molar-refractivity contribution >= 4 is 5.69 Å². The largest absolute Gasteiger partial charge is 0.394 e. The minimum Gasteiger partial charge on any atom is -0.394 e. The van der Waals surface area contributed by atoms with Crippen molar-refractivity contribution in [3.8, 4) is 0 Å². The van der Waals surface area contributed by atoms with Crippen LogP contribution >= 0.6 is 0 Å². The molecule has 0 aromatic heterocycles. The van der Waals surface area contributed by atoms with Crippen molar-refractivity contribution in [3.05, 3.63) is 30.1 Å². The second kappa shape index (κ2) is 5.67. The highest BCUT2D eigenvalue weighted by molar-refractivity contribution is 5.47. The summed E-state index contributed by atoms with van der Waals surface area (Å²) in [5, 5.41) is 9.56. The normalized spacial score (nSPS) is 26.1. The first-order valence-electron chi connectivity index (χ1n) is 6.45. The van der Waals surface area contributed by atoms with Crippen LogP contribution in [0.15, 0.2) is 24.3 Å². The fraction of sp³-hybridized carbons (Fsp3) is 0.571. The molecule has 1 N–H and O–H groups in total. The molecule has 1 fully saturated rings. The monoisotopic (exact) mass is 252 g/mol. The van der Waals surface area contributed by atoms with Gasteiger partial charge in [-0.1, -0.05) is 0 Å². The first-order valence-corrected chi connectivity index (χ1v) is 6.45. The van der Waals surface area contributed by atoms with Gasteiger partial charge in [0.05, 0.1) is 12.6 Å². The maximum atomic E-state index is 13.0. The Bertz CT molecular complexity index is 382. The van der Waals surface area contributed by atoms with E-state index in [0.717, 1.165) is 25.2 Å². The average molecular weight is 252 g/mol. The van der Waals surface area contributed by atoms with Crippen molar-refractivity contribution in [2.24, 2.45) is 0 Å². The van der Waals surface area contributed by atoms with E-state index in [2.05, 4.69) is 23.8 Å². The molecule has 1 aromatic carbocycles. The molecule has 0 saturated carbocycles. The van der Waals surface area contributed by atoms with Gasteiger partial charge in [0.1, 0.15) is 5.82 Å². The molecule has 18 heavy (non-hydrogen) atoms. The van der Waals surface area contributed by atoms with Gasteiger partial charge in [0.2, 0.25) is 0 Å². The molecule has 100 valence electrons. The molecule has 1 saturated heterocycles. The predicted octanol–water partition coefficient (Wildman–Crippen LogP) is 1.72. The van der Waals surface area contributed by atoms with Gasteiger partial charge in [-0.2, -0.15) is 0 Å². The molecular weight excluding hydrogens is 231 g/mol. The summed E-state index contributed by atoms with van der Waals surface area (Å²) in [7, 11) is 2.08. The summed E-state index contributed by atoms with van der Waals surface area (Å²) in [6, 6.07) is 7.10. The predicted molar refractivity (Wildman–Crippen MR) is 71.3 cm³/mol. The molecule has 0 bridgehead atoms. The zero-order valence-electron chi connectivity index (χ0n) is 11.0. The highest BCUT2D eigenvalue weighted by Gasteiger charge is 2.26. The lowest BCUT2D eigenvalue weighted by Gasteiger charge is -2.31. The van der Waals surface area contributed by atoms with Crippen LogP contribution in [-0.4, -0.2) is 48.8 Å². The molecular formula is C14H21FN2O. The maximum absolute atomic E-state index is 13.0. The van der Waals surface area contributed by atoms with Gasteiger partial charge in [-0.3, -0.25) is 0 Å². The molecule has 2 atom stereocenters. The van der Waals surface area contributed by atoms with Crippen LogP contribution in [0.1, 0.15) is 13.3 Å². The van der Waals surface area contributed by atoms with Gasteiger partial charge in [0.15, 0.2) is 0 Å². The topological polar surface area (TPSA) is 26.7 Å². The Kier molecular flexibility index (Phi) is 4.19. The third-order valence-corrected chi connectivity index (χ3v) is 3.85. The zero-order valence-corrected chi connectivity index (χ0v) is 11.0. The Hall–Kier alpha value is -1.13. The molecule has 1 aromatic rings. The molecule has 1 heterocycles. The van der Waals surface area contributed by atoms with E-state index in [-0.39, 0.29) is 18.5 Å². The molecule has 0 radical (unpaired) electrons. The number of benzene rings is 1. The fourth-order valence-electron chi connectivity index (χ4n) is 2.47. The van der Waals surface area contributed by atoms with Crippen LogP contribution in [0.4, 0.5) is 10.1 Å². The van der Waals surface area contributed by atoms with E-state index >= 15 is 0 Å². The quantitative estimate of drug-likeness (QED) is 0.868. The number of anilines is 1. The first-order chi connectivity index (χ1) is 8.61. The Morgan fingerprint density at radius 1 is 1.33 bits per heavy atom. The van der Waals surface area contributed by atoms with Gasteiger partial charge in [0.25, 0.3) is 0 Å². The van der Waals surface area contributed by atoms with Gasteiger partial charge in [-0.25, -0.2) is 4.39 Å². The van der Waals surface area contributed by atoms with Crippen LogP contribution in [0.2, 0.25) is 0 Å². The number of nitrogens with zero attached hydrogens (tertiary/aromatic N) is 2. The fourth-order valence-corrected chi connectivity index (χ4v) is 2.47. The van der Waals surface area contributed by atoms with E-state index in [9.17, 15) is 9.50 Å². The number of hydrogen-bond donors (Lipinski definition) is 1. The number of hydrogen-bond acceptors (Lipinski definition) is 3. The molecule has 2 unspecified atom stereocenters. The smallest absolute Gasteiger partial charge is 0.123 e. The van der Waals surface area contributed by atoms with Crippen molar-refractivity contribution in [3.63, 3.8) is 0 Å². The van der Waals surface area contributed by atoms with Crippen LogP contribution in [0.3, 0.4) is 0 Å². The average Bonchev–Trinajstić information content (AvgIpc) is 2.51. The van der Waals surface area contributed by atoms with Gasteiger partial charge in [-0.05, 0) is 44.7 Å². The highest BCUT2D eigenvalue weighted by atomic mass is 19.1. The molecule has 2 rings (SSSR count). The molecule has 4 heteroatoms. The molecule has 1 aliphatic rings. The van der Waals surface area contributed by atoms with Gasteiger partial charge < -0.3 is 14.9 Å². The zero-order chi connectivity index (χ0) is 13.1. The lowest BCUT2D eigenvalue weighted by molar-refractivity contribution is 0.206. The van der Waals surface area contributed by atoms with Crippen molar-refractivity contribution in [1.29, 1.82) is 0 Å². The summed E-state index contributed by atoms with van der Waals surface area (Å²) in [6.07, 6.45) is 1.05. The Balaban J connectivity index is 2.21. The summed E-state index contributed by atoms with van der Waals surface area (Å²) in [5.41, 5.74) is 0.984. The van der Waals surface area contributed by atoms with E-state index in [0.29, 0.717) is 6.04 Å². The number of aliphatic hydroxyl groups is 1. The molecule has 1 aliphatic heterocycles. The van der Waals surface area contributed by atoms with E-state index in [1.54, 1.807) is 12.1 Å². The van der Waals surface area contributed by atoms with E-state index in [1.807, 2.05) is 0 Å². The molecule has 0 aliphatic carbocycles. The van der Waals surface area contributed by atoms with E-state index in [4.69, 9.17) is 0 Å². The minimum atomic E-state index is -0.223. The van der Waals surface area contributed by atoms with E-state index < -0.39 is 0 Å². The number of aliphatic hydroxyl groups excluding tert-OH is 1. The number of halogens is 1. The molecule has 0 spiro atoms. The SMILES string of the molecule is CC1CCN(c2ccc(F)cc2)C(CO)CN1C. The lowest BCUT2D eigenvalue weighted by Crippen LogP contribution is -2.43.